The predicted molar refractivity (Wildman–Crippen MR) is 30.8 cm³/mol. The summed E-state index contributed by atoms with van der Waals surface area (Å²) >= 11 is 0. The molecule has 0 aromatic carbocycles. The number of hydrogen-bond donors (Lipinski definition) is 1. The SMILES string of the molecule is CN1[CH]CNC1[N+](=O)[O-]. The monoisotopic (exact) mass is 130 g/mol. The van der Waals surface area contributed by atoms with Crippen LogP contribution in [0, 0.1) is 16.7 Å². The van der Waals surface area contributed by atoms with Crippen molar-refractivity contribution in [1.82, 2.24) is 10.2 Å². The van der Waals surface area contributed by atoms with Crippen LogP contribution in [0.2, 0.25) is 0 Å². The third-order valence-electron chi connectivity index (χ3n) is 1.27. The van der Waals surface area contributed by atoms with E-state index in [4.69, 9.17) is 0 Å². The minimum atomic E-state index is -0.718. The summed E-state index contributed by atoms with van der Waals surface area (Å²) in [6, 6.07) is 0. The van der Waals surface area contributed by atoms with Crippen LogP contribution >= 0.6 is 0 Å². The molecule has 51 valence electrons. The molecule has 1 fully saturated rings. The van der Waals surface area contributed by atoms with E-state index in [0.717, 1.165) is 0 Å². The van der Waals surface area contributed by atoms with Gasteiger partial charge in [0, 0.05) is 13.1 Å². The van der Waals surface area contributed by atoms with Crippen LogP contribution in [0.3, 0.4) is 0 Å². The van der Waals surface area contributed by atoms with E-state index >= 15 is 0 Å². The molecule has 5 nitrogen and oxygen atoms in total. The van der Waals surface area contributed by atoms with Crippen LogP contribution in [-0.4, -0.2) is 29.7 Å². The maximum absolute atomic E-state index is 10.1. The fourth-order valence-electron chi connectivity index (χ4n) is 0.769. The molecule has 0 bridgehead atoms. The van der Waals surface area contributed by atoms with Crippen molar-refractivity contribution in [2.45, 2.75) is 6.29 Å². The summed E-state index contributed by atoms with van der Waals surface area (Å²) in [5.41, 5.74) is 0. The molecular weight excluding hydrogens is 122 g/mol. The minimum Gasteiger partial charge on any atom is -0.262 e. The normalized spacial score (nSPS) is 28.8. The van der Waals surface area contributed by atoms with Crippen LogP contribution in [0.4, 0.5) is 0 Å². The van der Waals surface area contributed by atoms with Gasteiger partial charge in [0.1, 0.15) is 0 Å². The molecule has 0 aliphatic carbocycles. The van der Waals surface area contributed by atoms with E-state index in [-0.39, 0.29) is 4.92 Å². The zero-order valence-corrected chi connectivity index (χ0v) is 5.07. The fourth-order valence-corrected chi connectivity index (χ4v) is 0.769. The second-order valence-electron chi connectivity index (χ2n) is 1.92. The summed E-state index contributed by atoms with van der Waals surface area (Å²) in [4.78, 5) is 11.3. The smallest absolute Gasteiger partial charge is 0.262 e. The molecule has 1 atom stereocenters. The van der Waals surface area contributed by atoms with Gasteiger partial charge in [0.2, 0.25) is 0 Å². The zero-order chi connectivity index (χ0) is 6.85. The molecule has 0 saturated carbocycles. The first-order chi connectivity index (χ1) is 4.22. The Bertz CT molecular complexity index is 127. The minimum absolute atomic E-state index is 0.358. The van der Waals surface area contributed by atoms with Crippen molar-refractivity contribution < 1.29 is 4.92 Å². The number of likely N-dealkylation sites (N-methyl/N-ethyl adjacent to an activating group) is 1. The summed E-state index contributed by atoms with van der Waals surface area (Å²) in [5.74, 6) is 0. The van der Waals surface area contributed by atoms with Crippen LogP contribution in [0.5, 0.6) is 0 Å². The molecule has 1 rings (SSSR count). The Hall–Kier alpha value is -0.680. The van der Waals surface area contributed by atoms with Gasteiger partial charge in [-0.05, 0) is 7.05 Å². The molecule has 0 spiro atoms. The third kappa shape index (κ3) is 1.17. The lowest BCUT2D eigenvalue weighted by Gasteiger charge is -2.08. The van der Waals surface area contributed by atoms with Crippen molar-refractivity contribution in [1.29, 1.82) is 0 Å². The molecule has 0 aromatic heterocycles. The first kappa shape index (κ1) is 6.44. The van der Waals surface area contributed by atoms with Crippen molar-refractivity contribution in [3.8, 4) is 0 Å². The topological polar surface area (TPSA) is 58.4 Å². The average Bonchev–Trinajstić information content (AvgIpc) is 2.13. The van der Waals surface area contributed by atoms with E-state index in [1.807, 2.05) is 0 Å². The van der Waals surface area contributed by atoms with Gasteiger partial charge in [0.15, 0.2) is 0 Å². The largest absolute Gasteiger partial charge is 0.325 e. The number of nitrogens with zero attached hydrogens (tertiary/aromatic N) is 2. The standard InChI is InChI=1S/C4H8N3O2/c1-6-3-2-5-4(6)7(8)9/h3-5H,2H2,1H3. The fraction of sp³-hybridized carbons (Fsp3) is 0.750. The summed E-state index contributed by atoms with van der Waals surface area (Å²) in [6.45, 7) is 2.33. The van der Waals surface area contributed by atoms with Gasteiger partial charge in [-0.3, -0.25) is 10.1 Å². The number of hydrogen-bond acceptors (Lipinski definition) is 4. The molecule has 5 heteroatoms. The highest BCUT2D eigenvalue weighted by Gasteiger charge is 2.29. The van der Waals surface area contributed by atoms with Gasteiger partial charge < -0.3 is 0 Å². The molecule has 1 radical (unpaired) electrons. The second-order valence-corrected chi connectivity index (χ2v) is 1.92. The van der Waals surface area contributed by atoms with E-state index in [9.17, 15) is 10.1 Å². The molecular formula is C4H8N3O2. The quantitative estimate of drug-likeness (QED) is 0.374. The molecule has 1 aliphatic rings. The lowest BCUT2D eigenvalue weighted by Crippen LogP contribution is -2.39. The first-order valence-electron chi connectivity index (χ1n) is 2.64. The highest BCUT2D eigenvalue weighted by Crippen LogP contribution is 2.02. The van der Waals surface area contributed by atoms with Crippen LogP contribution < -0.4 is 5.32 Å². The highest BCUT2D eigenvalue weighted by atomic mass is 16.6. The molecule has 9 heavy (non-hydrogen) atoms. The maximum Gasteiger partial charge on any atom is 0.325 e. The lowest BCUT2D eigenvalue weighted by molar-refractivity contribution is -0.548. The van der Waals surface area contributed by atoms with Gasteiger partial charge >= 0.3 is 6.29 Å². The highest BCUT2D eigenvalue weighted by molar-refractivity contribution is 4.77. The summed E-state index contributed by atoms with van der Waals surface area (Å²) < 4.78 is 0. The zero-order valence-electron chi connectivity index (χ0n) is 5.07. The predicted octanol–water partition coefficient (Wildman–Crippen LogP) is -0.757. The average molecular weight is 130 g/mol. The summed E-state index contributed by atoms with van der Waals surface area (Å²) in [5, 5.41) is 12.8. The number of nitrogens with one attached hydrogen (secondary N) is 1. The Morgan fingerprint density at radius 3 is 2.89 bits per heavy atom. The van der Waals surface area contributed by atoms with Gasteiger partial charge in [-0.15, -0.1) is 0 Å². The van der Waals surface area contributed by atoms with Crippen molar-refractivity contribution in [3.63, 3.8) is 0 Å². The van der Waals surface area contributed by atoms with Crippen molar-refractivity contribution in [3.05, 3.63) is 16.7 Å². The van der Waals surface area contributed by atoms with Gasteiger partial charge in [-0.1, -0.05) is 0 Å². The van der Waals surface area contributed by atoms with Crippen LogP contribution in [0.1, 0.15) is 0 Å². The van der Waals surface area contributed by atoms with Crippen molar-refractivity contribution in [2.24, 2.45) is 0 Å². The van der Waals surface area contributed by atoms with Crippen molar-refractivity contribution in [2.75, 3.05) is 13.6 Å². The molecule has 1 aliphatic heterocycles. The molecule has 1 saturated heterocycles. The van der Waals surface area contributed by atoms with Gasteiger partial charge in [0.25, 0.3) is 0 Å². The lowest BCUT2D eigenvalue weighted by atomic mass is 10.7. The Morgan fingerprint density at radius 1 is 2.00 bits per heavy atom. The molecule has 0 aromatic rings. The van der Waals surface area contributed by atoms with E-state index in [1.54, 1.807) is 18.5 Å². The van der Waals surface area contributed by atoms with E-state index < -0.39 is 6.29 Å². The molecule has 1 heterocycles. The molecule has 1 unspecified atom stereocenters. The number of nitro groups is 1. The Morgan fingerprint density at radius 2 is 2.67 bits per heavy atom. The summed E-state index contributed by atoms with van der Waals surface area (Å²) in [6.07, 6.45) is -0.718. The summed E-state index contributed by atoms with van der Waals surface area (Å²) in [7, 11) is 1.67. The molecule has 1 N–H and O–H groups in total. The Labute approximate surface area is 52.8 Å². The Kier molecular flexibility index (Phi) is 1.63. The third-order valence-corrected chi connectivity index (χ3v) is 1.27. The van der Waals surface area contributed by atoms with Crippen molar-refractivity contribution >= 4 is 0 Å². The first-order valence-corrected chi connectivity index (χ1v) is 2.64. The van der Waals surface area contributed by atoms with Gasteiger partial charge in [-0.2, -0.15) is 0 Å². The van der Waals surface area contributed by atoms with Gasteiger partial charge in [-0.25, -0.2) is 10.2 Å². The number of rotatable bonds is 1. The van der Waals surface area contributed by atoms with E-state index in [1.165, 1.54) is 0 Å². The van der Waals surface area contributed by atoms with E-state index in [2.05, 4.69) is 5.32 Å². The maximum atomic E-state index is 10.1. The van der Waals surface area contributed by atoms with Crippen LogP contribution in [-0.2, 0) is 0 Å². The Balaban J connectivity index is 2.49. The second kappa shape index (κ2) is 2.28. The van der Waals surface area contributed by atoms with E-state index in [0.29, 0.717) is 6.54 Å². The van der Waals surface area contributed by atoms with Crippen LogP contribution in [0.25, 0.3) is 0 Å². The molecule has 0 amide bonds. The van der Waals surface area contributed by atoms with Crippen LogP contribution in [0.15, 0.2) is 0 Å². The van der Waals surface area contributed by atoms with Gasteiger partial charge in [0.05, 0.1) is 4.92 Å².